The van der Waals surface area contributed by atoms with Gasteiger partial charge in [-0.05, 0) is 80.9 Å². The van der Waals surface area contributed by atoms with Crippen molar-refractivity contribution >= 4 is 14.4 Å². The van der Waals surface area contributed by atoms with E-state index in [1.165, 1.54) is 12.3 Å². The molecule has 1 atom stereocenters. The van der Waals surface area contributed by atoms with Crippen LogP contribution in [0.1, 0.15) is 58.4 Å². The molecule has 0 fully saturated rings. The van der Waals surface area contributed by atoms with E-state index in [9.17, 15) is 9.18 Å². The molecular weight excluding hydrogens is 439 g/mol. The number of fused-ring (bicyclic) bond motifs is 1. The van der Waals surface area contributed by atoms with E-state index in [0.29, 0.717) is 24.5 Å². The van der Waals surface area contributed by atoms with Crippen LogP contribution in [0.25, 0.3) is 0 Å². The van der Waals surface area contributed by atoms with Crippen molar-refractivity contribution in [2.45, 2.75) is 84.7 Å². The lowest BCUT2D eigenvalue weighted by molar-refractivity contribution is 0.0513. The number of benzene rings is 1. The second-order valence-electron chi connectivity index (χ2n) is 11.4. The van der Waals surface area contributed by atoms with Gasteiger partial charge in [-0.25, -0.2) is 9.18 Å². The van der Waals surface area contributed by atoms with Gasteiger partial charge in [0, 0.05) is 18.9 Å². The monoisotopic (exact) mass is 476 g/mol. The van der Waals surface area contributed by atoms with Crippen LogP contribution in [-0.2, 0) is 28.6 Å². The topological polar surface area (TPSA) is 62.6 Å². The zero-order valence-electron chi connectivity index (χ0n) is 21.1. The Bertz CT molecular complexity index is 1000. The maximum atomic E-state index is 14.8. The smallest absolute Gasteiger partial charge is 0.435 e. The highest BCUT2D eigenvalue weighted by Crippen LogP contribution is 2.38. The highest BCUT2D eigenvalue weighted by atomic mass is 28.4. The molecule has 1 aliphatic carbocycles. The van der Waals surface area contributed by atoms with Crippen LogP contribution in [-0.4, -0.2) is 36.4 Å². The molecular formula is C25H37FN2O4Si. The summed E-state index contributed by atoms with van der Waals surface area (Å²) in [4.78, 5) is 12.1. The molecule has 1 aliphatic rings. The fourth-order valence-electron chi connectivity index (χ4n) is 3.50. The Hall–Kier alpha value is -2.19. The van der Waals surface area contributed by atoms with Crippen molar-refractivity contribution in [3.8, 4) is 5.75 Å². The molecule has 0 saturated carbocycles. The first-order chi connectivity index (χ1) is 15.1. The minimum atomic E-state index is -1.83. The number of rotatable bonds is 6. The molecule has 8 heteroatoms. The highest BCUT2D eigenvalue weighted by molar-refractivity contribution is 6.74. The second kappa shape index (κ2) is 9.22. The zero-order chi connectivity index (χ0) is 24.6. The Labute approximate surface area is 197 Å². The second-order valence-corrected chi connectivity index (χ2v) is 16.2. The molecule has 0 amide bonds. The Morgan fingerprint density at radius 2 is 1.88 bits per heavy atom. The van der Waals surface area contributed by atoms with Crippen molar-refractivity contribution in [3.63, 3.8) is 0 Å². The molecule has 0 aliphatic heterocycles. The third-order valence-electron chi connectivity index (χ3n) is 6.36. The van der Waals surface area contributed by atoms with E-state index in [1.54, 1.807) is 26.8 Å². The zero-order valence-corrected chi connectivity index (χ0v) is 22.1. The van der Waals surface area contributed by atoms with Gasteiger partial charge >= 0.3 is 6.09 Å². The summed E-state index contributed by atoms with van der Waals surface area (Å²) >= 11 is 0. The largest absolute Gasteiger partial charge is 0.487 e. The fourth-order valence-corrected chi connectivity index (χ4v) is 4.58. The van der Waals surface area contributed by atoms with Crippen LogP contribution < -0.4 is 4.74 Å². The van der Waals surface area contributed by atoms with Crippen LogP contribution in [0.5, 0.6) is 5.75 Å². The SMILES string of the molecule is CC(C)(C)OC(=O)n1ccc(COc2cc(F)c3c(c2)CC(CO[Si](C)(C)C(C)(C)C)C3)n1. The minimum absolute atomic E-state index is 0.131. The summed E-state index contributed by atoms with van der Waals surface area (Å²) in [5.41, 5.74) is 1.70. The molecule has 0 radical (unpaired) electrons. The average molecular weight is 477 g/mol. The Kier molecular flexibility index (Phi) is 7.10. The first-order valence-electron chi connectivity index (χ1n) is 11.5. The first kappa shape index (κ1) is 25.4. The van der Waals surface area contributed by atoms with Crippen LogP contribution in [0.3, 0.4) is 0 Å². The van der Waals surface area contributed by atoms with E-state index in [0.717, 1.165) is 22.2 Å². The highest BCUT2D eigenvalue weighted by Gasteiger charge is 2.38. The molecule has 182 valence electrons. The lowest BCUT2D eigenvalue weighted by Gasteiger charge is -2.37. The first-order valence-corrected chi connectivity index (χ1v) is 14.4. The van der Waals surface area contributed by atoms with Crippen molar-refractivity contribution < 1.29 is 23.1 Å². The van der Waals surface area contributed by atoms with Crippen molar-refractivity contribution in [1.29, 1.82) is 0 Å². The molecule has 1 aromatic carbocycles. The van der Waals surface area contributed by atoms with Crippen molar-refractivity contribution in [3.05, 3.63) is 47.0 Å². The summed E-state index contributed by atoms with van der Waals surface area (Å²) in [6.07, 6.45) is 2.45. The summed E-state index contributed by atoms with van der Waals surface area (Å²) in [6.45, 7) is 17.3. The van der Waals surface area contributed by atoms with E-state index in [1.807, 2.05) is 6.07 Å². The van der Waals surface area contributed by atoms with Gasteiger partial charge in [-0.15, -0.1) is 0 Å². The number of hydrogen-bond donors (Lipinski definition) is 0. The van der Waals surface area contributed by atoms with E-state index >= 15 is 0 Å². The van der Waals surface area contributed by atoms with Gasteiger partial charge in [0.1, 0.15) is 29.5 Å². The van der Waals surface area contributed by atoms with Gasteiger partial charge in [-0.2, -0.15) is 9.78 Å². The third kappa shape index (κ3) is 6.44. The van der Waals surface area contributed by atoms with E-state index < -0.39 is 20.0 Å². The van der Waals surface area contributed by atoms with Crippen molar-refractivity contribution in [2.24, 2.45) is 5.92 Å². The number of hydrogen-bond acceptors (Lipinski definition) is 5. The number of carbonyl (C=O) groups excluding carboxylic acids is 1. The van der Waals surface area contributed by atoms with Crippen LogP contribution in [0.15, 0.2) is 24.4 Å². The van der Waals surface area contributed by atoms with Crippen LogP contribution in [0, 0.1) is 11.7 Å². The summed E-state index contributed by atoms with van der Waals surface area (Å²) in [6, 6.07) is 5.03. The summed E-state index contributed by atoms with van der Waals surface area (Å²) in [5, 5.41) is 4.35. The maximum Gasteiger partial charge on any atom is 0.435 e. The van der Waals surface area contributed by atoms with Gasteiger partial charge in [0.15, 0.2) is 8.32 Å². The average Bonchev–Trinajstić information content (AvgIpc) is 3.30. The molecule has 1 unspecified atom stereocenters. The number of carbonyl (C=O) groups is 1. The van der Waals surface area contributed by atoms with Gasteiger partial charge in [0.05, 0.1) is 0 Å². The Morgan fingerprint density at radius 1 is 1.18 bits per heavy atom. The maximum absolute atomic E-state index is 14.8. The number of nitrogens with zero attached hydrogens (tertiary/aromatic N) is 2. The number of halogens is 1. The molecule has 3 rings (SSSR count). The van der Waals surface area contributed by atoms with Crippen LogP contribution in [0.2, 0.25) is 18.1 Å². The molecule has 6 nitrogen and oxygen atoms in total. The molecule has 1 aromatic heterocycles. The third-order valence-corrected chi connectivity index (χ3v) is 10.9. The van der Waals surface area contributed by atoms with Gasteiger partial charge in [-0.3, -0.25) is 0 Å². The Balaban J connectivity index is 1.59. The molecule has 1 heterocycles. The molecule has 33 heavy (non-hydrogen) atoms. The van der Waals surface area contributed by atoms with Crippen LogP contribution >= 0.6 is 0 Å². The molecule has 0 bridgehead atoms. The predicted molar refractivity (Wildman–Crippen MR) is 129 cm³/mol. The molecule has 0 N–H and O–H groups in total. The molecule has 0 saturated heterocycles. The summed E-state index contributed by atoms with van der Waals surface area (Å²) in [5.74, 6) is 0.504. The van der Waals surface area contributed by atoms with Gasteiger partial charge in [-0.1, -0.05) is 20.8 Å². The summed E-state index contributed by atoms with van der Waals surface area (Å²) < 4.78 is 33.4. The minimum Gasteiger partial charge on any atom is -0.487 e. The van der Waals surface area contributed by atoms with E-state index in [-0.39, 0.29) is 23.4 Å². The van der Waals surface area contributed by atoms with Gasteiger partial charge in [0.2, 0.25) is 0 Å². The lowest BCUT2D eigenvalue weighted by atomic mass is 10.1. The summed E-state index contributed by atoms with van der Waals surface area (Å²) in [7, 11) is -1.83. The number of ether oxygens (including phenoxy) is 2. The lowest BCUT2D eigenvalue weighted by Crippen LogP contribution is -2.42. The quantitative estimate of drug-likeness (QED) is 0.470. The van der Waals surface area contributed by atoms with E-state index in [2.05, 4.69) is 39.0 Å². The van der Waals surface area contributed by atoms with Crippen molar-refractivity contribution in [1.82, 2.24) is 9.78 Å². The Morgan fingerprint density at radius 3 is 2.52 bits per heavy atom. The number of aromatic nitrogens is 2. The van der Waals surface area contributed by atoms with E-state index in [4.69, 9.17) is 13.9 Å². The van der Waals surface area contributed by atoms with Crippen molar-refractivity contribution in [2.75, 3.05) is 6.61 Å². The standard InChI is InChI=1S/C25H37FN2O4Si/c1-24(2,3)32-23(29)28-10-9-19(27-28)16-30-20-13-18-11-17(12-21(18)22(26)14-20)15-31-33(7,8)25(4,5)6/h9-10,13-14,17H,11-12,15-16H2,1-8H3. The normalized spacial score (nSPS) is 16.6. The molecule has 2 aromatic rings. The van der Waals surface area contributed by atoms with Gasteiger partial charge in [0.25, 0.3) is 0 Å². The fraction of sp³-hybridized carbons (Fsp3) is 0.600. The molecule has 0 spiro atoms. The predicted octanol–water partition coefficient (Wildman–Crippen LogP) is 6.12. The van der Waals surface area contributed by atoms with Gasteiger partial charge < -0.3 is 13.9 Å². The van der Waals surface area contributed by atoms with Crippen LogP contribution in [0.4, 0.5) is 9.18 Å².